The fourth-order valence-electron chi connectivity index (χ4n) is 2.12. The molecule has 2 amide bonds. The third kappa shape index (κ3) is 4.16. The minimum Gasteiger partial charge on any atom is -0.330 e. The molecule has 0 bridgehead atoms. The van der Waals surface area contributed by atoms with Gasteiger partial charge in [0.2, 0.25) is 0 Å². The third-order valence-electron chi connectivity index (χ3n) is 3.33. The third-order valence-corrected chi connectivity index (χ3v) is 3.55. The molecule has 0 fully saturated rings. The summed E-state index contributed by atoms with van der Waals surface area (Å²) in [5.41, 5.74) is 6.64. The summed E-state index contributed by atoms with van der Waals surface area (Å²) in [6, 6.07) is 2.44. The van der Waals surface area contributed by atoms with Gasteiger partial charge >= 0.3 is 6.03 Å². The maximum atomic E-state index is 14.3. The summed E-state index contributed by atoms with van der Waals surface area (Å²) in [4.78, 5) is 15.1. The molecule has 136 valence electrons. The number of nitrogens with zero attached hydrogens (tertiary/aromatic N) is 3. The van der Waals surface area contributed by atoms with Crippen LogP contribution in [0.4, 0.5) is 13.6 Å². The molecule has 0 unspecified atom stereocenters. The van der Waals surface area contributed by atoms with Crippen molar-refractivity contribution in [3.63, 3.8) is 0 Å². The van der Waals surface area contributed by atoms with Crippen LogP contribution in [0.5, 0.6) is 0 Å². The Hall–Kier alpha value is -2.98. The van der Waals surface area contributed by atoms with Gasteiger partial charge in [-0.25, -0.2) is 24.2 Å². The van der Waals surface area contributed by atoms with E-state index in [9.17, 15) is 13.6 Å². The summed E-state index contributed by atoms with van der Waals surface area (Å²) in [5, 5.41) is 22.0. The highest BCUT2D eigenvalue weighted by atomic mass is 35.5. The lowest BCUT2D eigenvalue weighted by Gasteiger charge is -2.12. The first-order valence-corrected chi connectivity index (χ1v) is 7.43. The number of amidine groups is 1. The molecule has 0 spiro atoms. The Morgan fingerprint density at radius 1 is 1.38 bits per heavy atom. The molecule has 0 aliphatic heterocycles. The number of nitrogens with one attached hydrogen (secondary N) is 3. The van der Waals surface area contributed by atoms with Gasteiger partial charge in [0.25, 0.3) is 0 Å². The van der Waals surface area contributed by atoms with Gasteiger partial charge in [0.1, 0.15) is 11.6 Å². The summed E-state index contributed by atoms with van der Waals surface area (Å²) in [5.74, 6) is -2.34. The van der Waals surface area contributed by atoms with E-state index in [4.69, 9.17) is 27.7 Å². The number of hydrogen-bond acceptors (Lipinski definition) is 5. The van der Waals surface area contributed by atoms with Crippen molar-refractivity contribution in [2.24, 2.45) is 5.11 Å². The van der Waals surface area contributed by atoms with Crippen molar-refractivity contribution >= 4 is 23.5 Å². The van der Waals surface area contributed by atoms with Gasteiger partial charge in [-0.05, 0) is 23.8 Å². The number of hydrogen-bond donors (Lipinski definition) is 4. The topological polar surface area (TPSA) is 126 Å². The van der Waals surface area contributed by atoms with Crippen molar-refractivity contribution in [1.82, 2.24) is 15.4 Å². The predicted molar refractivity (Wildman–Crippen MR) is 88.4 cm³/mol. The Balaban J connectivity index is 2.42. The number of carbonyl (C=O) groups excluding carboxylic acids is 1. The van der Waals surface area contributed by atoms with Crippen molar-refractivity contribution in [2.75, 3.05) is 7.05 Å². The van der Waals surface area contributed by atoms with E-state index in [1.54, 1.807) is 0 Å². The SMILES string of the molecule is CN(O)C(=O)NCc1ncc(-c2cc(Cl)cc(F)c2C(=N)N=N)cc1F. The molecule has 0 radical (unpaired) electrons. The Morgan fingerprint density at radius 3 is 2.65 bits per heavy atom. The first-order valence-electron chi connectivity index (χ1n) is 7.05. The summed E-state index contributed by atoms with van der Waals surface area (Å²) < 4.78 is 28.4. The van der Waals surface area contributed by atoms with Crippen molar-refractivity contribution in [2.45, 2.75) is 6.54 Å². The highest BCUT2D eigenvalue weighted by Crippen LogP contribution is 2.30. The lowest BCUT2D eigenvalue weighted by Crippen LogP contribution is -2.34. The predicted octanol–water partition coefficient (Wildman–Crippen LogP) is 3.57. The van der Waals surface area contributed by atoms with Crippen LogP contribution in [0.3, 0.4) is 0 Å². The first-order chi connectivity index (χ1) is 12.2. The summed E-state index contributed by atoms with van der Waals surface area (Å²) in [6.07, 6.45) is 1.21. The first kappa shape index (κ1) is 19.3. The monoisotopic (exact) mass is 382 g/mol. The molecule has 0 saturated carbocycles. The quantitative estimate of drug-likeness (QED) is 0.212. The zero-order valence-electron chi connectivity index (χ0n) is 13.3. The van der Waals surface area contributed by atoms with E-state index in [2.05, 4.69) is 15.4 Å². The Morgan fingerprint density at radius 2 is 2.08 bits per heavy atom. The molecule has 2 rings (SSSR count). The van der Waals surface area contributed by atoms with Crippen LogP contribution in [0, 0.1) is 22.6 Å². The molecule has 0 aliphatic carbocycles. The molecule has 2 aromatic rings. The van der Waals surface area contributed by atoms with Crippen LogP contribution < -0.4 is 5.32 Å². The number of aromatic nitrogens is 1. The van der Waals surface area contributed by atoms with E-state index in [1.807, 2.05) is 0 Å². The Bertz CT molecular complexity index is 891. The molecule has 1 heterocycles. The molecule has 1 aromatic carbocycles. The highest BCUT2D eigenvalue weighted by molar-refractivity contribution is 6.31. The second-order valence-electron chi connectivity index (χ2n) is 5.11. The molecule has 1 aromatic heterocycles. The maximum Gasteiger partial charge on any atom is 0.341 e. The van der Waals surface area contributed by atoms with Gasteiger partial charge in [0.15, 0.2) is 5.84 Å². The van der Waals surface area contributed by atoms with Gasteiger partial charge in [-0.15, -0.1) is 5.11 Å². The second-order valence-corrected chi connectivity index (χ2v) is 5.54. The number of amides is 2. The molecular formula is C15H13ClF2N6O2. The van der Waals surface area contributed by atoms with Crippen LogP contribution in [0.1, 0.15) is 11.3 Å². The van der Waals surface area contributed by atoms with Gasteiger partial charge in [-0.3, -0.25) is 15.6 Å². The minimum atomic E-state index is -0.878. The molecule has 0 atom stereocenters. The van der Waals surface area contributed by atoms with Crippen molar-refractivity contribution in [3.8, 4) is 11.1 Å². The summed E-state index contributed by atoms with van der Waals surface area (Å²) in [7, 11) is 1.10. The number of rotatable bonds is 4. The smallest absolute Gasteiger partial charge is 0.330 e. The van der Waals surface area contributed by atoms with Gasteiger partial charge in [0.05, 0.1) is 17.8 Å². The van der Waals surface area contributed by atoms with Gasteiger partial charge in [0, 0.05) is 23.8 Å². The highest BCUT2D eigenvalue weighted by Gasteiger charge is 2.18. The van der Waals surface area contributed by atoms with E-state index < -0.39 is 23.5 Å². The van der Waals surface area contributed by atoms with E-state index in [0.29, 0.717) is 5.06 Å². The number of halogens is 3. The number of pyridine rings is 1. The zero-order chi connectivity index (χ0) is 19.4. The van der Waals surface area contributed by atoms with Crippen LogP contribution >= 0.6 is 11.6 Å². The van der Waals surface area contributed by atoms with E-state index in [0.717, 1.165) is 19.2 Å². The van der Waals surface area contributed by atoms with Gasteiger partial charge in [-0.1, -0.05) is 11.6 Å². The standard InChI is InChI=1S/C15H13ClF2N6O2/c1-24(26)15(25)22-6-12-10(17)2-7(5-21-12)9-3-8(16)4-11(18)13(9)14(19)23-20/h2-5,19-20,26H,6H2,1H3,(H,22,25). The van der Waals surface area contributed by atoms with E-state index in [-0.39, 0.29) is 34.0 Å². The second kappa shape index (κ2) is 7.93. The van der Waals surface area contributed by atoms with Crippen molar-refractivity contribution in [3.05, 3.63) is 52.3 Å². The minimum absolute atomic E-state index is 0.0155. The van der Waals surface area contributed by atoms with E-state index >= 15 is 0 Å². The molecule has 0 aliphatic rings. The normalized spacial score (nSPS) is 10.3. The number of urea groups is 1. The number of hydroxylamine groups is 2. The molecule has 8 nitrogen and oxygen atoms in total. The lowest BCUT2D eigenvalue weighted by molar-refractivity contribution is -0.0184. The van der Waals surface area contributed by atoms with Crippen molar-refractivity contribution in [1.29, 1.82) is 10.9 Å². The Kier molecular flexibility index (Phi) is 5.90. The van der Waals surface area contributed by atoms with Crippen LogP contribution in [0.2, 0.25) is 5.02 Å². The summed E-state index contributed by atoms with van der Waals surface area (Å²) >= 11 is 5.83. The fraction of sp³-hybridized carbons (Fsp3) is 0.133. The zero-order valence-corrected chi connectivity index (χ0v) is 14.1. The molecular weight excluding hydrogens is 370 g/mol. The Labute approximate surface area is 151 Å². The van der Waals surface area contributed by atoms with Crippen LogP contribution in [-0.2, 0) is 6.54 Å². The van der Waals surface area contributed by atoms with Crippen LogP contribution in [-0.4, -0.2) is 34.2 Å². The largest absolute Gasteiger partial charge is 0.341 e. The molecule has 11 heteroatoms. The van der Waals surface area contributed by atoms with E-state index in [1.165, 1.54) is 12.3 Å². The average Bonchev–Trinajstić information content (AvgIpc) is 2.58. The van der Waals surface area contributed by atoms with Gasteiger partial charge in [-0.2, -0.15) is 0 Å². The maximum absolute atomic E-state index is 14.3. The number of benzene rings is 1. The molecule has 0 saturated heterocycles. The average molecular weight is 383 g/mol. The van der Waals surface area contributed by atoms with Crippen molar-refractivity contribution < 1.29 is 18.8 Å². The molecule has 26 heavy (non-hydrogen) atoms. The van der Waals surface area contributed by atoms with Crippen LogP contribution in [0.25, 0.3) is 11.1 Å². The molecule has 4 N–H and O–H groups in total. The lowest BCUT2D eigenvalue weighted by atomic mass is 9.99. The van der Waals surface area contributed by atoms with Crippen LogP contribution in [0.15, 0.2) is 29.5 Å². The summed E-state index contributed by atoms with van der Waals surface area (Å²) in [6.45, 7) is -0.287. The van der Waals surface area contributed by atoms with Gasteiger partial charge < -0.3 is 5.32 Å². The number of carbonyl (C=O) groups is 1. The fourth-order valence-corrected chi connectivity index (χ4v) is 2.32.